The summed E-state index contributed by atoms with van der Waals surface area (Å²) in [5.41, 5.74) is 4.35. The maximum atomic E-state index is 12.9. The third-order valence-electron chi connectivity index (χ3n) is 5.21. The maximum Gasteiger partial charge on any atom is 0.270 e. The number of carbonyl (C=O) groups excluding carboxylic acids is 3. The molecule has 1 aliphatic rings. The molecule has 2 heterocycles. The summed E-state index contributed by atoms with van der Waals surface area (Å²) in [6, 6.07) is 7.57. The van der Waals surface area contributed by atoms with Crippen LogP contribution >= 0.6 is 0 Å². The van der Waals surface area contributed by atoms with E-state index in [0.29, 0.717) is 29.9 Å². The molecule has 0 unspecified atom stereocenters. The minimum absolute atomic E-state index is 0.0286. The van der Waals surface area contributed by atoms with Gasteiger partial charge in [-0.2, -0.15) is 0 Å². The van der Waals surface area contributed by atoms with Gasteiger partial charge >= 0.3 is 0 Å². The van der Waals surface area contributed by atoms with Gasteiger partial charge in [-0.3, -0.25) is 14.4 Å². The molecule has 27 heavy (non-hydrogen) atoms. The first-order valence-electron chi connectivity index (χ1n) is 9.15. The van der Waals surface area contributed by atoms with Crippen molar-refractivity contribution in [2.75, 3.05) is 31.1 Å². The molecule has 0 saturated carbocycles. The second kappa shape index (κ2) is 7.39. The van der Waals surface area contributed by atoms with E-state index in [9.17, 15) is 14.4 Å². The number of hydrogen-bond donors (Lipinski definition) is 1. The van der Waals surface area contributed by atoms with Gasteiger partial charge in [0.2, 0.25) is 0 Å². The van der Waals surface area contributed by atoms with Gasteiger partial charge in [0.05, 0.1) is 0 Å². The summed E-state index contributed by atoms with van der Waals surface area (Å²) in [5, 5.41) is 0. The SMILES string of the molecule is CC(=O)c1ccc(N2CCN(C(=O)c3[nH]c(C)c(C(C)=O)c3C)CC2)cc1. The number of amides is 1. The van der Waals surface area contributed by atoms with Crippen molar-refractivity contribution in [3.05, 3.63) is 52.3 Å². The predicted molar refractivity (Wildman–Crippen MR) is 105 cm³/mol. The first kappa shape index (κ1) is 18.9. The van der Waals surface area contributed by atoms with E-state index in [1.807, 2.05) is 43.0 Å². The Labute approximate surface area is 159 Å². The number of H-pyrrole nitrogens is 1. The highest BCUT2D eigenvalue weighted by atomic mass is 16.2. The van der Waals surface area contributed by atoms with Gasteiger partial charge in [-0.25, -0.2) is 0 Å². The van der Waals surface area contributed by atoms with Crippen molar-refractivity contribution >= 4 is 23.2 Å². The number of nitrogens with one attached hydrogen (secondary N) is 1. The Morgan fingerprint density at radius 2 is 1.48 bits per heavy atom. The van der Waals surface area contributed by atoms with Gasteiger partial charge in [0, 0.05) is 48.7 Å². The lowest BCUT2D eigenvalue weighted by atomic mass is 10.1. The Morgan fingerprint density at radius 3 is 1.96 bits per heavy atom. The van der Waals surface area contributed by atoms with Crippen molar-refractivity contribution in [2.45, 2.75) is 27.7 Å². The average Bonchev–Trinajstić information content (AvgIpc) is 2.95. The smallest absolute Gasteiger partial charge is 0.270 e. The summed E-state index contributed by atoms with van der Waals surface area (Å²) in [7, 11) is 0. The first-order valence-corrected chi connectivity index (χ1v) is 9.15. The van der Waals surface area contributed by atoms with Crippen LogP contribution in [0.1, 0.15) is 56.3 Å². The molecule has 1 fully saturated rings. The number of anilines is 1. The highest BCUT2D eigenvalue weighted by Gasteiger charge is 2.26. The second-order valence-corrected chi connectivity index (χ2v) is 7.06. The molecule has 1 amide bonds. The molecule has 1 aliphatic heterocycles. The Morgan fingerprint density at radius 1 is 0.889 bits per heavy atom. The Kier molecular flexibility index (Phi) is 5.17. The van der Waals surface area contributed by atoms with Crippen molar-refractivity contribution in [2.24, 2.45) is 0 Å². The van der Waals surface area contributed by atoms with Crippen molar-refractivity contribution < 1.29 is 14.4 Å². The standard InChI is InChI=1S/C21H25N3O3/c1-13-19(16(4)26)14(2)22-20(13)21(27)24-11-9-23(10-12-24)18-7-5-17(6-8-18)15(3)25/h5-8,22H,9-12H2,1-4H3. The summed E-state index contributed by atoms with van der Waals surface area (Å²) in [4.78, 5) is 43.2. The molecular formula is C21H25N3O3. The van der Waals surface area contributed by atoms with E-state index in [1.165, 1.54) is 6.92 Å². The van der Waals surface area contributed by atoms with Crippen LogP contribution in [0.4, 0.5) is 5.69 Å². The van der Waals surface area contributed by atoms with E-state index in [2.05, 4.69) is 9.88 Å². The second-order valence-electron chi connectivity index (χ2n) is 7.06. The number of benzene rings is 1. The molecule has 1 N–H and O–H groups in total. The highest BCUT2D eigenvalue weighted by Crippen LogP contribution is 2.22. The zero-order valence-corrected chi connectivity index (χ0v) is 16.3. The number of piperazine rings is 1. The summed E-state index contributed by atoms with van der Waals surface area (Å²) in [6.45, 7) is 9.39. The molecule has 2 aromatic rings. The third kappa shape index (κ3) is 3.65. The van der Waals surface area contributed by atoms with Crippen molar-refractivity contribution in [3.8, 4) is 0 Å². The van der Waals surface area contributed by atoms with Crippen LogP contribution < -0.4 is 4.90 Å². The summed E-state index contributed by atoms with van der Waals surface area (Å²) >= 11 is 0. The number of hydrogen-bond acceptors (Lipinski definition) is 4. The van der Waals surface area contributed by atoms with Crippen molar-refractivity contribution in [3.63, 3.8) is 0 Å². The maximum absolute atomic E-state index is 12.9. The average molecular weight is 367 g/mol. The minimum Gasteiger partial charge on any atom is -0.368 e. The summed E-state index contributed by atoms with van der Waals surface area (Å²) in [5.74, 6) is -0.0349. The molecule has 142 valence electrons. The number of rotatable bonds is 4. The van der Waals surface area contributed by atoms with Gasteiger partial charge in [0.1, 0.15) is 5.69 Å². The van der Waals surface area contributed by atoms with E-state index in [0.717, 1.165) is 30.0 Å². The van der Waals surface area contributed by atoms with Crippen LogP contribution in [0.2, 0.25) is 0 Å². The molecule has 0 radical (unpaired) electrons. The van der Waals surface area contributed by atoms with E-state index in [1.54, 1.807) is 6.92 Å². The molecular weight excluding hydrogens is 342 g/mol. The number of aromatic nitrogens is 1. The van der Waals surface area contributed by atoms with Crippen molar-refractivity contribution in [1.82, 2.24) is 9.88 Å². The lowest BCUT2D eigenvalue weighted by Crippen LogP contribution is -2.49. The Balaban J connectivity index is 1.69. The largest absolute Gasteiger partial charge is 0.368 e. The normalized spacial score (nSPS) is 14.4. The van der Waals surface area contributed by atoms with Gasteiger partial charge in [-0.15, -0.1) is 0 Å². The van der Waals surface area contributed by atoms with Crippen LogP contribution in [0, 0.1) is 13.8 Å². The number of ketones is 2. The van der Waals surface area contributed by atoms with Gasteiger partial charge < -0.3 is 14.8 Å². The molecule has 1 saturated heterocycles. The van der Waals surface area contributed by atoms with Crippen molar-refractivity contribution in [1.29, 1.82) is 0 Å². The monoisotopic (exact) mass is 367 g/mol. The predicted octanol–water partition coefficient (Wildman–Crippen LogP) is 3.00. The van der Waals surface area contributed by atoms with Crippen LogP contribution in [0.5, 0.6) is 0 Å². The number of nitrogens with zero attached hydrogens (tertiary/aromatic N) is 2. The molecule has 3 rings (SSSR count). The van der Waals surface area contributed by atoms with Crippen LogP contribution in [0.15, 0.2) is 24.3 Å². The fourth-order valence-electron chi connectivity index (χ4n) is 3.72. The molecule has 6 nitrogen and oxygen atoms in total. The fraction of sp³-hybridized carbons (Fsp3) is 0.381. The van der Waals surface area contributed by atoms with Crippen LogP contribution in [0.25, 0.3) is 0 Å². The van der Waals surface area contributed by atoms with Gasteiger partial charge in [0.25, 0.3) is 5.91 Å². The van der Waals surface area contributed by atoms with E-state index in [-0.39, 0.29) is 17.5 Å². The molecule has 1 aromatic carbocycles. The van der Waals surface area contributed by atoms with Crippen LogP contribution in [-0.4, -0.2) is 53.5 Å². The van der Waals surface area contributed by atoms with E-state index in [4.69, 9.17) is 0 Å². The summed E-state index contributed by atoms with van der Waals surface area (Å²) in [6.07, 6.45) is 0. The van der Waals surface area contributed by atoms with Gasteiger partial charge in [-0.1, -0.05) is 0 Å². The third-order valence-corrected chi connectivity index (χ3v) is 5.21. The zero-order valence-electron chi connectivity index (χ0n) is 16.3. The first-order chi connectivity index (χ1) is 12.8. The van der Waals surface area contributed by atoms with Crippen LogP contribution in [0.3, 0.4) is 0 Å². The molecule has 0 bridgehead atoms. The lowest BCUT2D eigenvalue weighted by molar-refractivity contribution is 0.0740. The molecule has 0 atom stereocenters. The quantitative estimate of drug-likeness (QED) is 0.843. The minimum atomic E-state index is -0.0605. The topological polar surface area (TPSA) is 73.5 Å². The Hall–Kier alpha value is -2.89. The number of carbonyl (C=O) groups is 3. The zero-order chi connectivity index (χ0) is 19.7. The molecule has 0 aliphatic carbocycles. The highest BCUT2D eigenvalue weighted by molar-refractivity contribution is 6.02. The number of aromatic amines is 1. The van der Waals surface area contributed by atoms with E-state index < -0.39 is 0 Å². The van der Waals surface area contributed by atoms with Gasteiger partial charge in [-0.05, 0) is 57.5 Å². The fourth-order valence-corrected chi connectivity index (χ4v) is 3.72. The lowest BCUT2D eigenvalue weighted by Gasteiger charge is -2.36. The van der Waals surface area contributed by atoms with Gasteiger partial charge in [0.15, 0.2) is 11.6 Å². The number of Topliss-reactive ketones (excluding diaryl/α,β-unsaturated/α-hetero) is 2. The summed E-state index contributed by atoms with van der Waals surface area (Å²) < 4.78 is 0. The molecule has 0 spiro atoms. The van der Waals surface area contributed by atoms with Crippen LogP contribution in [-0.2, 0) is 0 Å². The number of aryl methyl sites for hydroxylation is 1. The molecule has 6 heteroatoms. The van der Waals surface area contributed by atoms with E-state index >= 15 is 0 Å². The molecule has 1 aromatic heterocycles. The Bertz CT molecular complexity index is 888.